The van der Waals surface area contributed by atoms with Gasteiger partial charge in [0.25, 0.3) is 7.82 Å². The van der Waals surface area contributed by atoms with Crippen LogP contribution in [0.5, 0.6) is 0 Å². The van der Waals surface area contributed by atoms with E-state index in [9.17, 15) is 19.0 Å². The summed E-state index contributed by atoms with van der Waals surface area (Å²) in [7, 11) is 1.13. The molecule has 0 rings (SSSR count). The van der Waals surface area contributed by atoms with Gasteiger partial charge in [0, 0.05) is 12.8 Å². The van der Waals surface area contributed by atoms with Crippen LogP contribution < -0.4 is 10.2 Å². The van der Waals surface area contributed by atoms with E-state index in [0.29, 0.717) is 23.9 Å². The second-order valence-corrected chi connectivity index (χ2v) is 22.2. The Morgan fingerprint density at radius 1 is 0.486 bits per heavy atom. The summed E-state index contributed by atoms with van der Waals surface area (Å²) in [5, 5.41) is 3.00. The highest BCUT2D eigenvalue weighted by atomic mass is 31.2. The highest BCUT2D eigenvalue weighted by molar-refractivity contribution is 7.45. The first-order valence-corrected chi connectivity index (χ1v) is 31.2. The summed E-state index contributed by atoms with van der Waals surface area (Å²) in [6.45, 7) is 6.64. The number of carbonyl (C=O) groups excluding carboxylic acids is 2. The maximum absolute atomic E-state index is 13.5. The van der Waals surface area contributed by atoms with Gasteiger partial charge in [-0.25, -0.2) is 0 Å². The molecule has 1 amide bonds. The van der Waals surface area contributed by atoms with Gasteiger partial charge in [0.2, 0.25) is 5.91 Å². The summed E-state index contributed by atoms with van der Waals surface area (Å²) < 4.78 is 30.2. The van der Waals surface area contributed by atoms with Crippen molar-refractivity contribution in [3.05, 3.63) is 109 Å². The molecule has 0 aliphatic heterocycles. The van der Waals surface area contributed by atoms with Crippen molar-refractivity contribution >= 4 is 19.7 Å². The highest BCUT2D eigenvalue weighted by Crippen LogP contribution is 2.38. The number of phosphoric acid groups is 1. The number of ether oxygens (including phenoxy) is 1. The molecular weight excluding hydrogens is 940 g/mol. The molecule has 74 heavy (non-hydrogen) atoms. The van der Waals surface area contributed by atoms with E-state index in [0.717, 1.165) is 109 Å². The zero-order chi connectivity index (χ0) is 54.3. The van der Waals surface area contributed by atoms with Crippen molar-refractivity contribution in [1.82, 2.24) is 5.32 Å². The summed E-state index contributed by atoms with van der Waals surface area (Å²) >= 11 is 0. The smallest absolute Gasteiger partial charge is 0.306 e. The van der Waals surface area contributed by atoms with Crippen LogP contribution in [0.3, 0.4) is 0 Å². The molecule has 0 aromatic rings. The predicted octanol–water partition coefficient (Wildman–Crippen LogP) is 17.5. The van der Waals surface area contributed by atoms with Crippen LogP contribution in [0, 0.1) is 0 Å². The number of carbonyl (C=O) groups is 2. The summed E-state index contributed by atoms with van der Waals surface area (Å²) in [6, 6.07) is -0.922. The van der Waals surface area contributed by atoms with E-state index in [2.05, 4.69) is 123 Å². The van der Waals surface area contributed by atoms with Gasteiger partial charge in [-0.05, 0) is 115 Å². The predicted molar refractivity (Wildman–Crippen MR) is 316 cm³/mol. The Morgan fingerprint density at radius 3 is 1.34 bits per heavy atom. The van der Waals surface area contributed by atoms with E-state index in [1.54, 1.807) is 0 Å². The van der Waals surface area contributed by atoms with Crippen LogP contribution in [0.2, 0.25) is 0 Å². The third kappa shape index (κ3) is 53.5. The lowest BCUT2D eigenvalue weighted by atomic mass is 10.1. The van der Waals surface area contributed by atoms with Crippen LogP contribution in [0.15, 0.2) is 109 Å². The molecule has 0 heterocycles. The Labute approximate surface area is 455 Å². The molecular formula is C64H111N2O7P. The Kier molecular flexibility index (Phi) is 50.7. The van der Waals surface area contributed by atoms with Gasteiger partial charge in [0.1, 0.15) is 19.3 Å². The Bertz CT molecular complexity index is 1640. The molecule has 0 saturated heterocycles. The molecule has 424 valence electrons. The first-order valence-electron chi connectivity index (χ1n) is 29.7. The summed E-state index contributed by atoms with van der Waals surface area (Å²) in [5.74, 6) is -0.612. The number of nitrogens with zero attached hydrogens (tertiary/aromatic N) is 1. The number of nitrogens with one attached hydrogen (secondary N) is 1. The number of unbranched alkanes of at least 4 members (excludes halogenated alkanes) is 20. The summed E-state index contributed by atoms with van der Waals surface area (Å²) in [6.07, 6.45) is 71.9. The van der Waals surface area contributed by atoms with Crippen LogP contribution in [0.4, 0.5) is 0 Å². The lowest BCUT2D eigenvalue weighted by Gasteiger charge is -2.30. The van der Waals surface area contributed by atoms with E-state index in [1.165, 1.54) is 77.0 Å². The molecule has 9 nitrogen and oxygen atoms in total. The van der Waals surface area contributed by atoms with Gasteiger partial charge in [0.05, 0.1) is 33.8 Å². The normalized spacial score (nSPS) is 14.5. The number of amides is 1. The van der Waals surface area contributed by atoms with Crippen molar-refractivity contribution in [1.29, 1.82) is 0 Å². The minimum atomic E-state index is -4.72. The van der Waals surface area contributed by atoms with Crippen molar-refractivity contribution in [2.75, 3.05) is 40.9 Å². The van der Waals surface area contributed by atoms with E-state index in [1.807, 2.05) is 33.3 Å². The number of phosphoric ester groups is 1. The molecule has 0 aromatic heterocycles. The van der Waals surface area contributed by atoms with Crippen LogP contribution in [-0.2, 0) is 27.9 Å². The van der Waals surface area contributed by atoms with Crippen LogP contribution in [-0.4, -0.2) is 69.4 Å². The number of likely N-dealkylation sites (N-methyl/N-ethyl adjacent to an activating group) is 1. The molecule has 3 unspecified atom stereocenters. The van der Waals surface area contributed by atoms with Crippen molar-refractivity contribution in [2.45, 2.75) is 245 Å². The quantitative estimate of drug-likeness (QED) is 0.0212. The van der Waals surface area contributed by atoms with Crippen LogP contribution in [0.25, 0.3) is 0 Å². The van der Waals surface area contributed by atoms with Crippen molar-refractivity contribution in [3.8, 4) is 0 Å². The second kappa shape index (κ2) is 53.1. The first-order chi connectivity index (χ1) is 35.9. The first kappa shape index (κ1) is 70.7. The molecule has 3 atom stereocenters. The standard InChI is InChI=1S/C64H111N2O7P/c1-7-10-13-16-19-22-25-28-30-32-33-35-36-38-41-44-47-50-53-56-63(67)65-61(60-72-74(69,70)71-59-58-66(4,5)6)62(55-52-49-46-43-40-27-24-21-18-15-12-9-3)73-64(68)57-54-51-48-45-42-39-37-34-31-29-26-23-20-17-14-11-8-2/h10,13,19-20,22-23,28-31,33,35,37-39,41,52,55,61-62H,7-9,11-12,14-18,21,24-27,32,34,36,40,42-51,53-54,56-60H2,1-6H3,(H-,65,67,69,70)/b13-10-,22-19-,23-20-,30-28-,31-29-,35-33-,39-37-,41-38-,55-52+. The Balaban J connectivity index is 5.43. The van der Waals surface area contributed by atoms with Crippen molar-refractivity contribution < 1.29 is 37.3 Å². The average molecular weight is 1050 g/mol. The monoisotopic (exact) mass is 1050 g/mol. The Morgan fingerprint density at radius 2 is 0.865 bits per heavy atom. The molecule has 0 fully saturated rings. The molecule has 0 aromatic carbocycles. The molecule has 1 N–H and O–H groups in total. The van der Waals surface area contributed by atoms with Gasteiger partial charge < -0.3 is 28.5 Å². The average Bonchev–Trinajstić information content (AvgIpc) is 3.36. The minimum absolute atomic E-state index is 0.0386. The third-order valence-electron chi connectivity index (χ3n) is 12.4. The number of quaternary nitrogens is 1. The fourth-order valence-corrected chi connectivity index (χ4v) is 8.57. The van der Waals surface area contributed by atoms with E-state index in [-0.39, 0.29) is 31.3 Å². The van der Waals surface area contributed by atoms with Crippen LogP contribution in [0.1, 0.15) is 233 Å². The fraction of sp³-hybridized carbons (Fsp3) is 0.688. The molecule has 0 aliphatic rings. The van der Waals surface area contributed by atoms with E-state index < -0.39 is 26.6 Å². The molecule has 0 aliphatic carbocycles. The van der Waals surface area contributed by atoms with E-state index >= 15 is 0 Å². The molecule has 0 spiro atoms. The summed E-state index contributed by atoms with van der Waals surface area (Å²) in [4.78, 5) is 39.9. The van der Waals surface area contributed by atoms with Gasteiger partial charge in [-0.15, -0.1) is 0 Å². The number of hydrogen-bond acceptors (Lipinski definition) is 7. The third-order valence-corrected chi connectivity index (χ3v) is 13.4. The van der Waals surface area contributed by atoms with Gasteiger partial charge in [0.15, 0.2) is 0 Å². The van der Waals surface area contributed by atoms with Gasteiger partial charge in [-0.2, -0.15) is 0 Å². The topological polar surface area (TPSA) is 114 Å². The second-order valence-electron chi connectivity index (χ2n) is 20.8. The SMILES string of the molecule is CC/C=C\C/C=C\C/C=C\C/C=C\C/C=C\CCCCCC(=O)NC(COP(=O)([O-])OCC[N+](C)(C)C)C(/C=C/CCCCCCCCCCCC)OC(=O)CCCCCC/C=C\C/C=C\C/C=C\CCCCC. The Hall–Kier alpha value is -3.33. The van der Waals surface area contributed by atoms with Crippen molar-refractivity contribution in [3.63, 3.8) is 0 Å². The number of allylic oxidation sites excluding steroid dienone is 17. The highest BCUT2D eigenvalue weighted by Gasteiger charge is 2.27. The van der Waals surface area contributed by atoms with Crippen LogP contribution >= 0.6 is 7.82 Å². The molecule has 0 saturated carbocycles. The lowest BCUT2D eigenvalue weighted by Crippen LogP contribution is -2.47. The van der Waals surface area contributed by atoms with E-state index in [4.69, 9.17) is 13.8 Å². The number of rotatable bonds is 52. The minimum Gasteiger partial charge on any atom is -0.756 e. The largest absolute Gasteiger partial charge is 0.756 e. The molecule has 0 bridgehead atoms. The maximum atomic E-state index is 13.5. The van der Waals surface area contributed by atoms with Gasteiger partial charge in [-0.1, -0.05) is 214 Å². The van der Waals surface area contributed by atoms with Crippen molar-refractivity contribution in [2.24, 2.45) is 0 Å². The number of hydrogen-bond donors (Lipinski definition) is 1. The zero-order valence-corrected chi connectivity index (χ0v) is 49.1. The summed E-state index contributed by atoms with van der Waals surface area (Å²) in [5.41, 5.74) is 0. The zero-order valence-electron chi connectivity index (χ0n) is 48.3. The molecule has 10 heteroatoms. The molecule has 0 radical (unpaired) electrons. The lowest BCUT2D eigenvalue weighted by molar-refractivity contribution is -0.870. The van der Waals surface area contributed by atoms with Gasteiger partial charge in [-0.3, -0.25) is 14.2 Å². The number of esters is 1. The maximum Gasteiger partial charge on any atom is 0.306 e. The fourth-order valence-electron chi connectivity index (χ4n) is 7.85. The van der Waals surface area contributed by atoms with Gasteiger partial charge >= 0.3 is 5.97 Å².